The van der Waals surface area contributed by atoms with E-state index in [0.717, 1.165) is 0 Å². The predicted octanol–water partition coefficient (Wildman–Crippen LogP) is 2.19. The maximum atomic E-state index is 13.1. The molecule has 2 aromatic carbocycles. The summed E-state index contributed by atoms with van der Waals surface area (Å²) in [7, 11) is -3.96. The van der Waals surface area contributed by atoms with Crippen molar-refractivity contribution in [2.24, 2.45) is 0 Å². The van der Waals surface area contributed by atoms with Crippen molar-refractivity contribution in [2.45, 2.75) is 31.4 Å². The highest BCUT2D eigenvalue weighted by Crippen LogP contribution is 2.15. The van der Waals surface area contributed by atoms with Crippen molar-refractivity contribution in [3.63, 3.8) is 0 Å². The molecule has 0 unspecified atom stereocenters. The third-order valence-corrected chi connectivity index (χ3v) is 5.00. The van der Waals surface area contributed by atoms with E-state index in [1.165, 1.54) is 56.3 Å². The fourth-order valence-corrected chi connectivity index (χ4v) is 3.37. The molecule has 0 aliphatic heterocycles. The van der Waals surface area contributed by atoms with E-state index in [4.69, 9.17) is 4.74 Å². The zero-order chi connectivity index (χ0) is 20.0. The monoisotopic (exact) mass is 394 g/mol. The Hall–Kier alpha value is -2.78. The van der Waals surface area contributed by atoms with E-state index in [1.807, 2.05) is 0 Å². The van der Waals surface area contributed by atoms with Crippen LogP contribution in [0.25, 0.3) is 0 Å². The number of sulfonamides is 1. The summed E-state index contributed by atoms with van der Waals surface area (Å²) < 4.78 is 45.0. The number of hydrogen-bond acceptors (Lipinski definition) is 5. The minimum atomic E-state index is -3.96. The summed E-state index contributed by atoms with van der Waals surface area (Å²) in [6.07, 6.45) is 0. The number of anilines is 1. The molecule has 0 bridgehead atoms. The Labute approximate surface area is 156 Å². The zero-order valence-electron chi connectivity index (χ0n) is 14.7. The molecule has 27 heavy (non-hydrogen) atoms. The third kappa shape index (κ3) is 6.15. The van der Waals surface area contributed by atoms with Crippen LogP contribution >= 0.6 is 0 Å². The van der Waals surface area contributed by atoms with Crippen LogP contribution in [-0.2, 0) is 31.0 Å². The van der Waals surface area contributed by atoms with Gasteiger partial charge in [-0.2, -0.15) is 4.72 Å². The molecule has 2 N–H and O–H groups in total. The molecule has 2 aromatic rings. The van der Waals surface area contributed by atoms with E-state index in [0.29, 0.717) is 11.3 Å². The maximum absolute atomic E-state index is 13.1. The van der Waals surface area contributed by atoms with Crippen molar-refractivity contribution in [3.05, 3.63) is 59.9 Å². The SMILES string of the molecule is CC(=O)Nc1ccc(S(=O)(=O)N[C@@H](C)C(=O)OCc2cccc(F)c2)cc1. The zero-order valence-corrected chi connectivity index (χ0v) is 15.5. The number of ether oxygens (including phenoxy) is 1. The van der Waals surface area contributed by atoms with Gasteiger partial charge >= 0.3 is 5.97 Å². The van der Waals surface area contributed by atoms with E-state index in [2.05, 4.69) is 10.0 Å². The van der Waals surface area contributed by atoms with Crippen molar-refractivity contribution in [1.82, 2.24) is 4.72 Å². The van der Waals surface area contributed by atoms with Crippen molar-refractivity contribution in [2.75, 3.05) is 5.32 Å². The summed E-state index contributed by atoms with van der Waals surface area (Å²) in [6, 6.07) is 9.89. The summed E-state index contributed by atoms with van der Waals surface area (Å²) in [5.41, 5.74) is 0.899. The highest BCUT2D eigenvalue weighted by atomic mass is 32.2. The van der Waals surface area contributed by atoms with Crippen LogP contribution in [0.3, 0.4) is 0 Å². The number of carbonyl (C=O) groups excluding carboxylic acids is 2. The smallest absolute Gasteiger partial charge is 0.324 e. The average Bonchev–Trinajstić information content (AvgIpc) is 2.59. The first-order chi connectivity index (χ1) is 12.7. The second-order valence-electron chi connectivity index (χ2n) is 5.79. The highest BCUT2D eigenvalue weighted by molar-refractivity contribution is 7.89. The molecule has 144 valence electrons. The van der Waals surface area contributed by atoms with Crippen LogP contribution < -0.4 is 10.0 Å². The predicted molar refractivity (Wildman–Crippen MR) is 96.7 cm³/mol. The topological polar surface area (TPSA) is 102 Å². The molecule has 0 spiro atoms. The number of halogens is 1. The second-order valence-corrected chi connectivity index (χ2v) is 7.50. The quantitative estimate of drug-likeness (QED) is 0.701. The lowest BCUT2D eigenvalue weighted by Crippen LogP contribution is -2.39. The van der Waals surface area contributed by atoms with Crippen LogP contribution in [0.15, 0.2) is 53.4 Å². The molecule has 1 amide bonds. The van der Waals surface area contributed by atoms with E-state index in [1.54, 1.807) is 6.07 Å². The molecule has 0 heterocycles. The number of nitrogens with one attached hydrogen (secondary N) is 2. The van der Waals surface area contributed by atoms with Gasteiger partial charge in [0.25, 0.3) is 0 Å². The van der Waals surface area contributed by atoms with Gasteiger partial charge in [-0.05, 0) is 48.9 Å². The fraction of sp³-hybridized carbons (Fsp3) is 0.222. The van der Waals surface area contributed by atoms with E-state index in [-0.39, 0.29) is 17.4 Å². The van der Waals surface area contributed by atoms with Crippen LogP contribution in [0.1, 0.15) is 19.4 Å². The molecule has 0 aliphatic carbocycles. The minimum absolute atomic E-state index is 0.0682. The maximum Gasteiger partial charge on any atom is 0.324 e. The Morgan fingerprint density at radius 1 is 1.15 bits per heavy atom. The minimum Gasteiger partial charge on any atom is -0.460 e. The lowest BCUT2D eigenvalue weighted by atomic mass is 10.2. The lowest BCUT2D eigenvalue weighted by Gasteiger charge is -2.14. The van der Waals surface area contributed by atoms with Gasteiger partial charge in [0.2, 0.25) is 15.9 Å². The van der Waals surface area contributed by atoms with E-state index in [9.17, 15) is 22.4 Å². The van der Waals surface area contributed by atoms with Gasteiger partial charge in [-0.15, -0.1) is 0 Å². The first-order valence-electron chi connectivity index (χ1n) is 7.98. The van der Waals surface area contributed by atoms with Gasteiger partial charge in [0, 0.05) is 12.6 Å². The Morgan fingerprint density at radius 2 is 1.81 bits per heavy atom. The Balaban J connectivity index is 1.97. The first kappa shape index (κ1) is 20.5. The summed E-state index contributed by atoms with van der Waals surface area (Å²) in [5.74, 6) is -1.53. The molecule has 0 aliphatic rings. The number of amides is 1. The van der Waals surface area contributed by atoms with Gasteiger partial charge in [0.1, 0.15) is 18.5 Å². The van der Waals surface area contributed by atoms with Crippen LogP contribution in [0.5, 0.6) is 0 Å². The van der Waals surface area contributed by atoms with Gasteiger partial charge in [-0.3, -0.25) is 9.59 Å². The van der Waals surface area contributed by atoms with Gasteiger partial charge < -0.3 is 10.1 Å². The molecule has 2 rings (SSSR count). The number of rotatable bonds is 7. The van der Waals surface area contributed by atoms with E-state index >= 15 is 0 Å². The van der Waals surface area contributed by atoms with Gasteiger partial charge in [-0.25, -0.2) is 12.8 Å². The fourth-order valence-electron chi connectivity index (χ4n) is 2.18. The van der Waals surface area contributed by atoms with Gasteiger partial charge in [0.05, 0.1) is 4.90 Å². The Bertz CT molecular complexity index is 929. The molecule has 1 atom stereocenters. The molecule has 9 heteroatoms. The van der Waals surface area contributed by atoms with Crippen LogP contribution in [0.2, 0.25) is 0 Å². The first-order valence-corrected chi connectivity index (χ1v) is 9.47. The Morgan fingerprint density at radius 3 is 2.41 bits per heavy atom. The standard InChI is InChI=1S/C18H19FN2O5S/c1-12(18(23)26-11-14-4-3-5-15(19)10-14)21-27(24,25)17-8-6-16(7-9-17)20-13(2)22/h3-10,12,21H,11H2,1-2H3,(H,20,22)/t12-/m0/s1. The molecular formula is C18H19FN2O5S. The Kier molecular flexibility index (Phi) is 6.65. The molecule has 0 radical (unpaired) electrons. The second kappa shape index (κ2) is 8.74. The lowest BCUT2D eigenvalue weighted by molar-refractivity contribution is -0.146. The van der Waals surface area contributed by atoms with Crippen molar-refractivity contribution in [3.8, 4) is 0 Å². The van der Waals surface area contributed by atoms with Crippen molar-refractivity contribution in [1.29, 1.82) is 0 Å². The summed E-state index contributed by atoms with van der Waals surface area (Å²) >= 11 is 0. The number of carbonyl (C=O) groups is 2. The van der Waals surface area contributed by atoms with Crippen molar-refractivity contribution >= 4 is 27.6 Å². The normalized spacial score (nSPS) is 12.3. The number of benzene rings is 2. The summed E-state index contributed by atoms with van der Waals surface area (Å²) in [4.78, 5) is 22.9. The molecule has 0 fully saturated rings. The molecule has 0 aromatic heterocycles. The number of esters is 1. The average molecular weight is 394 g/mol. The van der Waals surface area contributed by atoms with Gasteiger partial charge in [-0.1, -0.05) is 12.1 Å². The van der Waals surface area contributed by atoms with E-state index < -0.39 is 27.9 Å². The molecule has 0 saturated heterocycles. The van der Waals surface area contributed by atoms with Crippen LogP contribution in [-0.4, -0.2) is 26.3 Å². The summed E-state index contributed by atoms with van der Waals surface area (Å²) in [6.45, 7) is 2.51. The van der Waals surface area contributed by atoms with Crippen LogP contribution in [0.4, 0.5) is 10.1 Å². The third-order valence-electron chi connectivity index (χ3n) is 3.44. The largest absolute Gasteiger partial charge is 0.460 e. The summed E-state index contributed by atoms with van der Waals surface area (Å²) in [5, 5.41) is 2.52. The highest BCUT2D eigenvalue weighted by Gasteiger charge is 2.23. The number of hydrogen-bond donors (Lipinski definition) is 2. The molecule has 0 saturated carbocycles. The molecular weight excluding hydrogens is 375 g/mol. The van der Waals surface area contributed by atoms with Crippen molar-refractivity contribution < 1.29 is 27.1 Å². The van der Waals surface area contributed by atoms with Crippen LogP contribution in [0, 0.1) is 5.82 Å². The molecule has 7 nitrogen and oxygen atoms in total. The van der Waals surface area contributed by atoms with Gasteiger partial charge in [0.15, 0.2) is 0 Å².